The summed E-state index contributed by atoms with van der Waals surface area (Å²) in [5.74, 6) is 1.57. The maximum atomic E-state index is 3.61. The smallest absolute Gasteiger partial charge is 0.00653 e. The van der Waals surface area contributed by atoms with Crippen molar-refractivity contribution in [3.63, 3.8) is 0 Å². The molecule has 0 saturated heterocycles. The first-order valence-electron chi connectivity index (χ1n) is 5.37. The zero-order valence-electron chi connectivity index (χ0n) is 9.04. The van der Waals surface area contributed by atoms with Gasteiger partial charge in [-0.3, -0.25) is 0 Å². The molecule has 1 rings (SSSR count). The molecule has 0 heterocycles. The van der Waals surface area contributed by atoms with E-state index in [1.807, 2.05) is 0 Å². The zero-order valence-corrected chi connectivity index (χ0v) is 10.6. The second-order valence-corrected chi connectivity index (χ2v) is 4.64. The average Bonchev–Trinajstić information content (AvgIpc) is 2.26. The quantitative estimate of drug-likeness (QED) is 0.688. The predicted molar refractivity (Wildman–Crippen MR) is 66.9 cm³/mol. The molecule has 0 bridgehead atoms. The Balaban J connectivity index is 2.57. The Kier molecular flexibility index (Phi) is 5.24. The van der Waals surface area contributed by atoms with Gasteiger partial charge in [0.2, 0.25) is 0 Å². The summed E-state index contributed by atoms with van der Waals surface area (Å²) in [6, 6.07) is 10.8. The fourth-order valence-electron chi connectivity index (χ4n) is 1.66. The number of rotatable bonds is 5. The van der Waals surface area contributed by atoms with Crippen molar-refractivity contribution in [2.75, 3.05) is 5.33 Å². The third-order valence-electron chi connectivity index (χ3n) is 2.99. The number of alkyl halides is 1. The van der Waals surface area contributed by atoms with Gasteiger partial charge in [0.15, 0.2) is 0 Å². The highest BCUT2D eigenvalue weighted by molar-refractivity contribution is 9.09. The number of hydrogen-bond donors (Lipinski definition) is 0. The molecule has 0 amide bonds. The van der Waals surface area contributed by atoms with E-state index in [-0.39, 0.29) is 0 Å². The minimum Gasteiger partial charge on any atom is -0.0925 e. The number of benzene rings is 1. The van der Waals surface area contributed by atoms with Crippen LogP contribution in [-0.2, 0) is 6.42 Å². The Labute approximate surface area is 95.9 Å². The molecule has 0 aliphatic rings. The number of hydrogen-bond acceptors (Lipinski definition) is 0. The van der Waals surface area contributed by atoms with Gasteiger partial charge >= 0.3 is 0 Å². The van der Waals surface area contributed by atoms with Crippen LogP contribution in [0.15, 0.2) is 30.3 Å². The van der Waals surface area contributed by atoms with Gasteiger partial charge in [-0.05, 0) is 23.8 Å². The molecular weight excluding hydrogens is 236 g/mol. The Hall–Kier alpha value is -0.300. The van der Waals surface area contributed by atoms with E-state index in [0.717, 1.165) is 17.2 Å². The van der Waals surface area contributed by atoms with E-state index in [1.165, 1.54) is 18.4 Å². The molecule has 2 unspecified atom stereocenters. The Morgan fingerprint density at radius 2 is 1.86 bits per heavy atom. The predicted octanol–water partition coefficient (Wildman–Crippen LogP) is 4.29. The summed E-state index contributed by atoms with van der Waals surface area (Å²) in [4.78, 5) is 0. The van der Waals surface area contributed by atoms with Crippen molar-refractivity contribution in [3.05, 3.63) is 35.9 Å². The monoisotopic (exact) mass is 254 g/mol. The lowest BCUT2D eigenvalue weighted by Gasteiger charge is -2.20. The van der Waals surface area contributed by atoms with Gasteiger partial charge in [0, 0.05) is 5.33 Å². The topological polar surface area (TPSA) is 0 Å². The normalized spacial score (nSPS) is 15.1. The van der Waals surface area contributed by atoms with Gasteiger partial charge in [-0.1, -0.05) is 66.5 Å². The summed E-state index contributed by atoms with van der Waals surface area (Å²) in [5, 5.41) is 1.11. The molecule has 14 heavy (non-hydrogen) atoms. The summed E-state index contributed by atoms with van der Waals surface area (Å²) in [6.07, 6.45) is 2.46. The highest BCUT2D eigenvalue weighted by Crippen LogP contribution is 2.22. The van der Waals surface area contributed by atoms with Crippen molar-refractivity contribution < 1.29 is 0 Å². The first-order chi connectivity index (χ1) is 6.77. The molecule has 0 fully saturated rings. The van der Waals surface area contributed by atoms with Crippen LogP contribution in [0.3, 0.4) is 0 Å². The van der Waals surface area contributed by atoms with Crippen LogP contribution in [0, 0.1) is 11.8 Å². The van der Waals surface area contributed by atoms with Gasteiger partial charge in [-0.15, -0.1) is 0 Å². The second-order valence-electron chi connectivity index (χ2n) is 3.99. The van der Waals surface area contributed by atoms with Crippen LogP contribution in [0.25, 0.3) is 0 Å². The fourth-order valence-corrected chi connectivity index (χ4v) is 2.53. The van der Waals surface area contributed by atoms with E-state index in [1.54, 1.807) is 0 Å². The third-order valence-corrected chi connectivity index (χ3v) is 3.82. The Morgan fingerprint density at radius 1 is 1.21 bits per heavy atom. The van der Waals surface area contributed by atoms with Crippen LogP contribution in [0.1, 0.15) is 25.8 Å². The minimum atomic E-state index is 0.766. The fraction of sp³-hybridized carbons (Fsp3) is 0.538. The lowest BCUT2D eigenvalue weighted by molar-refractivity contribution is 0.383. The van der Waals surface area contributed by atoms with Crippen molar-refractivity contribution in [1.82, 2.24) is 0 Å². The summed E-state index contributed by atoms with van der Waals surface area (Å²) in [6.45, 7) is 4.61. The maximum absolute atomic E-state index is 3.61. The first kappa shape index (κ1) is 11.8. The van der Waals surface area contributed by atoms with Crippen molar-refractivity contribution >= 4 is 15.9 Å². The SMILES string of the molecule is CCC(C)C(CBr)Cc1ccccc1. The molecular formula is C13H19Br. The van der Waals surface area contributed by atoms with Crippen molar-refractivity contribution in [1.29, 1.82) is 0 Å². The van der Waals surface area contributed by atoms with Crippen LogP contribution >= 0.6 is 15.9 Å². The molecule has 1 aromatic carbocycles. The van der Waals surface area contributed by atoms with E-state index in [2.05, 4.69) is 60.1 Å². The molecule has 78 valence electrons. The second kappa shape index (κ2) is 6.23. The lowest BCUT2D eigenvalue weighted by atomic mass is 9.88. The van der Waals surface area contributed by atoms with E-state index in [4.69, 9.17) is 0 Å². The minimum absolute atomic E-state index is 0.766. The first-order valence-corrected chi connectivity index (χ1v) is 6.50. The van der Waals surface area contributed by atoms with Gasteiger partial charge in [0.05, 0.1) is 0 Å². The van der Waals surface area contributed by atoms with E-state index in [0.29, 0.717) is 0 Å². The molecule has 1 heteroatoms. The van der Waals surface area contributed by atoms with Crippen LogP contribution < -0.4 is 0 Å². The van der Waals surface area contributed by atoms with Gasteiger partial charge in [0.25, 0.3) is 0 Å². The molecule has 0 aliphatic carbocycles. The molecule has 0 aliphatic heterocycles. The zero-order chi connectivity index (χ0) is 10.4. The molecule has 0 radical (unpaired) electrons. The molecule has 0 saturated carbocycles. The largest absolute Gasteiger partial charge is 0.0925 e. The van der Waals surface area contributed by atoms with Gasteiger partial charge in [0.1, 0.15) is 0 Å². The number of halogens is 1. The summed E-state index contributed by atoms with van der Waals surface area (Å²) >= 11 is 3.61. The lowest BCUT2D eigenvalue weighted by Crippen LogP contribution is -2.15. The van der Waals surface area contributed by atoms with Crippen molar-refractivity contribution in [2.45, 2.75) is 26.7 Å². The highest BCUT2D eigenvalue weighted by atomic mass is 79.9. The van der Waals surface area contributed by atoms with Gasteiger partial charge in [-0.2, -0.15) is 0 Å². The van der Waals surface area contributed by atoms with Crippen LogP contribution in [-0.4, -0.2) is 5.33 Å². The molecule has 0 spiro atoms. The molecule has 1 aromatic rings. The van der Waals surface area contributed by atoms with E-state index >= 15 is 0 Å². The maximum Gasteiger partial charge on any atom is 0.00653 e. The summed E-state index contributed by atoms with van der Waals surface area (Å²) in [5.41, 5.74) is 1.46. The van der Waals surface area contributed by atoms with Crippen molar-refractivity contribution in [3.8, 4) is 0 Å². The van der Waals surface area contributed by atoms with Crippen LogP contribution in [0.2, 0.25) is 0 Å². The molecule has 0 nitrogen and oxygen atoms in total. The molecule has 0 aromatic heterocycles. The van der Waals surface area contributed by atoms with Gasteiger partial charge in [-0.25, -0.2) is 0 Å². The van der Waals surface area contributed by atoms with Crippen LogP contribution in [0.4, 0.5) is 0 Å². The molecule has 0 N–H and O–H groups in total. The summed E-state index contributed by atoms with van der Waals surface area (Å²) in [7, 11) is 0. The average molecular weight is 255 g/mol. The van der Waals surface area contributed by atoms with E-state index < -0.39 is 0 Å². The van der Waals surface area contributed by atoms with Gasteiger partial charge < -0.3 is 0 Å². The van der Waals surface area contributed by atoms with Crippen LogP contribution in [0.5, 0.6) is 0 Å². The standard InChI is InChI=1S/C13H19Br/c1-3-11(2)13(10-14)9-12-7-5-4-6-8-12/h4-8,11,13H,3,9-10H2,1-2H3. The molecule has 2 atom stereocenters. The van der Waals surface area contributed by atoms with E-state index in [9.17, 15) is 0 Å². The Bertz CT molecular complexity index is 243. The Morgan fingerprint density at radius 3 is 2.36 bits per heavy atom. The van der Waals surface area contributed by atoms with Crippen molar-refractivity contribution in [2.24, 2.45) is 11.8 Å². The third kappa shape index (κ3) is 3.45. The summed E-state index contributed by atoms with van der Waals surface area (Å²) < 4.78 is 0. The highest BCUT2D eigenvalue weighted by Gasteiger charge is 2.14.